The van der Waals surface area contributed by atoms with Crippen LogP contribution >= 0.6 is 23.8 Å². The summed E-state index contributed by atoms with van der Waals surface area (Å²) in [5.74, 6) is 0.396. The van der Waals surface area contributed by atoms with Crippen LogP contribution in [0, 0.1) is 4.77 Å². The Kier molecular flexibility index (Phi) is 7.77. The highest BCUT2D eigenvalue weighted by atomic mass is 35.5. The van der Waals surface area contributed by atoms with Crippen LogP contribution in [0.2, 0.25) is 5.02 Å². The van der Waals surface area contributed by atoms with Gasteiger partial charge in [0.15, 0.2) is 4.77 Å². The van der Waals surface area contributed by atoms with Crippen LogP contribution in [0.1, 0.15) is 22.8 Å². The third-order valence-electron chi connectivity index (χ3n) is 5.19. The van der Waals surface area contributed by atoms with Crippen LogP contribution in [0.15, 0.2) is 76.8 Å². The first-order valence-electron chi connectivity index (χ1n) is 10.9. The molecule has 0 bridgehead atoms. The van der Waals surface area contributed by atoms with Crippen LogP contribution < -0.4 is 16.0 Å². The lowest BCUT2D eigenvalue weighted by Crippen LogP contribution is -2.42. The van der Waals surface area contributed by atoms with Crippen LogP contribution in [0.4, 0.5) is 5.69 Å². The normalized spacial score (nSPS) is 11.4. The molecule has 0 aliphatic rings. The molecule has 2 aromatic heterocycles. The van der Waals surface area contributed by atoms with Crippen LogP contribution in [-0.2, 0) is 17.8 Å². The van der Waals surface area contributed by atoms with E-state index in [2.05, 4.69) is 15.0 Å². The van der Waals surface area contributed by atoms with Crippen molar-refractivity contribution < 1.29 is 14.3 Å². The van der Waals surface area contributed by atoms with Gasteiger partial charge in [0.05, 0.1) is 31.1 Å². The molecule has 0 fully saturated rings. The number of carbonyl (C=O) groups excluding carboxylic acids is 1. The number of aromatic nitrogens is 4. The van der Waals surface area contributed by atoms with Gasteiger partial charge >= 0.3 is 11.7 Å². The van der Waals surface area contributed by atoms with Crippen molar-refractivity contribution in [1.82, 2.24) is 19.1 Å². The zero-order valence-corrected chi connectivity index (χ0v) is 21.0. The molecule has 0 radical (unpaired) electrons. The molecule has 0 aliphatic heterocycles. The average molecular weight is 524 g/mol. The van der Waals surface area contributed by atoms with Gasteiger partial charge in [0.1, 0.15) is 11.5 Å². The molecule has 4 aromatic rings. The number of hydrogen-bond donors (Lipinski definition) is 1. The molecule has 2 aromatic carbocycles. The molecule has 0 unspecified atom stereocenters. The molecule has 2 heterocycles. The molecule has 36 heavy (non-hydrogen) atoms. The van der Waals surface area contributed by atoms with Gasteiger partial charge in [-0.05, 0) is 67.2 Å². The molecule has 9 nitrogen and oxygen atoms in total. The van der Waals surface area contributed by atoms with Gasteiger partial charge in [0, 0.05) is 17.8 Å². The van der Waals surface area contributed by atoms with E-state index in [4.69, 9.17) is 33.3 Å². The average Bonchev–Trinajstić information content (AvgIpc) is 2.88. The number of halogens is 1. The number of pyridine rings is 1. The topological polar surface area (TPSA) is 104 Å². The number of aromatic amines is 1. The maximum Gasteiger partial charge on any atom is 0.339 e. The van der Waals surface area contributed by atoms with Gasteiger partial charge < -0.3 is 14.5 Å². The lowest BCUT2D eigenvalue weighted by molar-refractivity contribution is 0.0600. The van der Waals surface area contributed by atoms with Crippen LogP contribution in [-0.4, -0.2) is 32.2 Å². The molecular weight excluding hydrogens is 502 g/mol. The van der Waals surface area contributed by atoms with Crippen molar-refractivity contribution in [2.24, 2.45) is 4.99 Å². The molecule has 0 amide bonds. The fraction of sp³-hybridized carbons (Fsp3) is 0.160. The molecule has 0 atom stereocenters. The zero-order chi connectivity index (χ0) is 25.7. The number of benzene rings is 2. The van der Waals surface area contributed by atoms with Crippen molar-refractivity contribution in [2.75, 3.05) is 7.11 Å². The Morgan fingerprint density at radius 1 is 1.08 bits per heavy atom. The number of nitrogens with one attached hydrogen (secondary N) is 1. The largest absolute Gasteiger partial charge is 0.465 e. The van der Waals surface area contributed by atoms with Crippen molar-refractivity contribution in [3.8, 4) is 11.5 Å². The van der Waals surface area contributed by atoms with E-state index in [0.717, 1.165) is 5.56 Å². The number of H-pyrrole nitrogens is 1. The molecule has 0 spiro atoms. The van der Waals surface area contributed by atoms with Crippen LogP contribution in [0.3, 0.4) is 0 Å². The van der Waals surface area contributed by atoms with E-state index in [1.165, 1.54) is 28.6 Å². The molecule has 0 saturated heterocycles. The first-order valence-corrected chi connectivity index (χ1v) is 11.7. The quantitative estimate of drug-likeness (QED) is 0.280. The minimum Gasteiger partial charge on any atom is -0.465 e. The Balaban J connectivity index is 1.66. The van der Waals surface area contributed by atoms with E-state index < -0.39 is 5.97 Å². The summed E-state index contributed by atoms with van der Waals surface area (Å²) in [6, 6.07) is 15.7. The summed E-state index contributed by atoms with van der Waals surface area (Å²) in [4.78, 5) is 36.5. The van der Waals surface area contributed by atoms with Crippen molar-refractivity contribution >= 4 is 35.5 Å². The minimum atomic E-state index is -0.503. The predicted octanol–water partition coefficient (Wildman–Crippen LogP) is 4.64. The van der Waals surface area contributed by atoms with Gasteiger partial charge in [-0.25, -0.2) is 14.6 Å². The number of rotatable bonds is 7. The van der Waals surface area contributed by atoms with Gasteiger partial charge in [-0.15, -0.1) is 0 Å². The Labute approximate surface area is 216 Å². The summed E-state index contributed by atoms with van der Waals surface area (Å²) in [6.45, 7) is 2.56. The van der Waals surface area contributed by atoms with E-state index >= 15 is 0 Å². The second-order valence-corrected chi connectivity index (χ2v) is 8.43. The Morgan fingerprint density at radius 3 is 2.47 bits per heavy atom. The molecule has 184 valence electrons. The van der Waals surface area contributed by atoms with Crippen molar-refractivity contribution in [1.29, 1.82) is 0 Å². The van der Waals surface area contributed by atoms with E-state index in [1.807, 2.05) is 19.1 Å². The summed E-state index contributed by atoms with van der Waals surface area (Å²) in [7, 11) is 1.30. The van der Waals surface area contributed by atoms with E-state index in [1.54, 1.807) is 42.5 Å². The smallest absolute Gasteiger partial charge is 0.339 e. The zero-order valence-electron chi connectivity index (χ0n) is 19.5. The van der Waals surface area contributed by atoms with E-state index in [-0.39, 0.29) is 22.6 Å². The summed E-state index contributed by atoms with van der Waals surface area (Å²) in [5, 5.41) is 0.613. The third-order valence-corrected chi connectivity index (χ3v) is 5.77. The van der Waals surface area contributed by atoms with Crippen molar-refractivity contribution in [3.63, 3.8) is 0 Å². The summed E-state index contributed by atoms with van der Waals surface area (Å²) >= 11 is 11.4. The standard InChI is InChI=1S/C25H22ClN5O4S/c1-3-30-24(36)29-23(31(25(30)33)15-16-4-6-18(26)7-5-16)28-19-8-10-20(11-9-19)35-21-12-17(13-27-14-21)22(32)34-2/h4-14H,3,15H2,1-2H3,(H,28,29,36). The SMILES string of the molecule is CCn1c(=S)[nH]/c(=N\c2ccc(Oc3cncc(C(=O)OC)c3)cc2)n(Cc2ccc(Cl)cc2)c1=O. The maximum atomic E-state index is 13.2. The monoisotopic (exact) mass is 523 g/mol. The van der Waals surface area contributed by atoms with Gasteiger partial charge in [-0.2, -0.15) is 0 Å². The number of hydrogen-bond acceptors (Lipinski definition) is 7. The first-order chi connectivity index (χ1) is 17.4. The fourth-order valence-corrected chi connectivity index (χ4v) is 3.81. The lowest BCUT2D eigenvalue weighted by atomic mass is 10.2. The highest BCUT2D eigenvalue weighted by Crippen LogP contribution is 2.24. The second-order valence-electron chi connectivity index (χ2n) is 7.60. The Morgan fingerprint density at radius 2 is 1.81 bits per heavy atom. The van der Waals surface area contributed by atoms with Gasteiger partial charge in [-0.3, -0.25) is 14.1 Å². The summed E-state index contributed by atoms with van der Waals surface area (Å²) in [6.07, 6.45) is 2.89. The Hall–Kier alpha value is -4.02. The first kappa shape index (κ1) is 25.1. The Bertz CT molecular complexity index is 1570. The van der Waals surface area contributed by atoms with Gasteiger partial charge in [0.2, 0.25) is 5.62 Å². The van der Waals surface area contributed by atoms with E-state index in [0.29, 0.717) is 34.4 Å². The highest BCUT2D eigenvalue weighted by molar-refractivity contribution is 7.71. The molecule has 4 rings (SSSR count). The second kappa shape index (κ2) is 11.1. The molecule has 0 aliphatic carbocycles. The number of methoxy groups -OCH3 is 1. The third kappa shape index (κ3) is 5.78. The van der Waals surface area contributed by atoms with E-state index in [9.17, 15) is 9.59 Å². The maximum absolute atomic E-state index is 13.2. The minimum absolute atomic E-state index is 0.270. The van der Waals surface area contributed by atoms with Crippen molar-refractivity contribution in [2.45, 2.75) is 20.0 Å². The molecule has 1 N–H and O–H groups in total. The molecular formula is C25H22ClN5O4S. The number of esters is 1. The summed E-state index contributed by atoms with van der Waals surface area (Å²) < 4.78 is 13.8. The van der Waals surface area contributed by atoms with Crippen molar-refractivity contribution in [3.05, 3.63) is 104 Å². The number of ether oxygens (including phenoxy) is 2. The molecule has 11 heteroatoms. The highest BCUT2D eigenvalue weighted by Gasteiger charge is 2.09. The summed E-state index contributed by atoms with van der Waals surface area (Å²) in [5.41, 5.74) is 1.79. The number of carbonyl (C=O) groups is 1. The molecule has 0 saturated carbocycles. The lowest BCUT2D eigenvalue weighted by Gasteiger charge is -2.11. The fourth-order valence-electron chi connectivity index (χ4n) is 3.39. The van der Waals surface area contributed by atoms with Crippen LogP contribution in [0.25, 0.3) is 0 Å². The number of nitrogens with zero attached hydrogens (tertiary/aromatic N) is 4. The predicted molar refractivity (Wildman–Crippen MR) is 137 cm³/mol. The van der Waals surface area contributed by atoms with Gasteiger partial charge in [-0.1, -0.05) is 23.7 Å². The van der Waals surface area contributed by atoms with Crippen LogP contribution in [0.5, 0.6) is 11.5 Å². The van der Waals surface area contributed by atoms with Gasteiger partial charge in [0.25, 0.3) is 0 Å².